The molecule has 1 aliphatic heterocycles. The Morgan fingerprint density at radius 1 is 1.30 bits per heavy atom. The molecule has 1 aliphatic rings. The standard InChI is InChI=1S/C18H23ClN2O6/c1-4-8-26-15-13(19)9-12(10-14(15)25-5-2)17(23)27-11(3)16(22)21-7-6-20-18(21)24/h9-11H,4-8H2,1-3H3,(H,20,24)/t11-/m0/s1. The van der Waals surface area contributed by atoms with Gasteiger partial charge in [0.2, 0.25) is 0 Å². The van der Waals surface area contributed by atoms with Gasteiger partial charge in [0.1, 0.15) is 0 Å². The minimum absolute atomic E-state index is 0.123. The Bertz CT molecular complexity index is 724. The summed E-state index contributed by atoms with van der Waals surface area (Å²) in [4.78, 5) is 37.3. The zero-order chi connectivity index (χ0) is 20.0. The maximum Gasteiger partial charge on any atom is 0.339 e. The first-order valence-corrected chi connectivity index (χ1v) is 9.16. The van der Waals surface area contributed by atoms with E-state index in [1.54, 1.807) is 6.92 Å². The van der Waals surface area contributed by atoms with Crippen molar-refractivity contribution in [3.63, 3.8) is 0 Å². The molecule has 1 heterocycles. The minimum Gasteiger partial charge on any atom is -0.490 e. The molecular formula is C18H23ClN2O6. The summed E-state index contributed by atoms with van der Waals surface area (Å²) in [5.41, 5.74) is 0.123. The van der Waals surface area contributed by atoms with Crippen molar-refractivity contribution >= 4 is 29.5 Å². The van der Waals surface area contributed by atoms with E-state index in [-0.39, 0.29) is 17.1 Å². The van der Waals surface area contributed by atoms with Gasteiger partial charge in [-0.15, -0.1) is 0 Å². The molecular weight excluding hydrogens is 376 g/mol. The number of benzene rings is 1. The number of carbonyl (C=O) groups excluding carboxylic acids is 3. The Balaban J connectivity index is 2.15. The molecule has 0 unspecified atom stereocenters. The second-order valence-electron chi connectivity index (χ2n) is 5.84. The van der Waals surface area contributed by atoms with E-state index >= 15 is 0 Å². The third-order valence-electron chi connectivity index (χ3n) is 3.75. The van der Waals surface area contributed by atoms with Crippen LogP contribution in [0.4, 0.5) is 4.79 Å². The summed E-state index contributed by atoms with van der Waals surface area (Å²) in [6, 6.07) is 2.36. The van der Waals surface area contributed by atoms with Crippen molar-refractivity contribution in [1.82, 2.24) is 10.2 Å². The van der Waals surface area contributed by atoms with E-state index in [0.29, 0.717) is 31.3 Å². The van der Waals surface area contributed by atoms with Crippen molar-refractivity contribution in [1.29, 1.82) is 0 Å². The van der Waals surface area contributed by atoms with Crippen LogP contribution in [0.1, 0.15) is 37.6 Å². The third kappa shape index (κ3) is 5.03. The molecule has 0 spiro atoms. The monoisotopic (exact) mass is 398 g/mol. The van der Waals surface area contributed by atoms with Crippen LogP contribution in [-0.4, -0.2) is 55.2 Å². The first-order chi connectivity index (χ1) is 12.9. The fraction of sp³-hybridized carbons (Fsp3) is 0.500. The lowest BCUT2D eigenvalue weighted by Gasteiger charge is -2.19. The number of halogens is 1. The van der Waals surface area contributed by atoms with Gasteiger partial charge < -0.3 is 19.5 Å². The van der Waals surface area contributed by atoms with Gasteiger partial charge in [0.25, 0.3) is 5.91 Å². The zero-order valence-corrected chi connectivity index (χ0v) is 16.3. The molecule has 0 aromatic heterocycles. The summed E-state index contributed by atoms with van der Waals surface area (Å²) < 4.78 is 16.3. The van der Waals surface area contributed by atoms with Crippen molar-refractivity contribution in [2.75, 3.05) is 26.3 Å². The zero-order valence-electron chi connectivity index (χ0n) is 15.5. The van der Waals surface area contributed by atoms with E-state index in [9.17, 15) is 14.4 Å². The van der Waals surface area contributed by atoms with Crippen LogP contribution in [0.5, 0.6) is 11.5 Å². The van der Waals surface area contributed by atoms with Crippen molar-refractivity contribution < 1.29 is 28.6 Å². The van der Waals surface area contributed by atoms with Crippen LogP contribution >= 0.6 is 11.6 Å². The first-order valence-electron chi connectivity index (χ1n) is 8.78. The predicted octanol–water partition coefficient (Wildman–Crippen LogP) is 2.62. The summed E-state index contributed by atoms with van der Waals surface area (Å²) in [7, 11) is 0. The van der Waals surface area contributed by atoms with Crippen molar-refractivity contribution in [3.05, 3.63) is 22.7 Å². The van der Waals surface area contributed by atoms with Gasteiger partial charge in [0, 0.05) is 13.1 Å². The SMILES string of the molecule is CCCOc1c(Cl)cc(C(=O)O[C@@H](C)C(=O)N2CCNC2=O)cc1OCC. The minimum atomic E-state index is -1.12. The molecule has 0 radical (unpaired) electrons. The van der Waals surface area contributed by atoms with Gasteiger partial charge >= 0.3 is 12.0 Å². The second-order valence-corrected chi connectivity index (χ2v) is 6.24. The largest absolute Gasteiger partial charge is 0.490 e. The highest BCUT2D eigenvalue weighted by atomic mass is 35.5. The predicted molar refractivity (Wildman–Crippen MR) is 98.4 cm³/mol. The summed E-state index contributed by atoms with van der Waals surface area (Å²) in [5.74, 6) is -0.657. The molecule has 1 N–H and O–H groups in total. The Morgan fingerprint density at radius 3 is 2.63 bits per heavy atom. The van der Waals surface area contributed by atoms with Gasteiger partial charge in [-0.1, -0.05) is 18.5 Å². The van der Waals surface area contributed by atoms with Crippen LogP contribution in [-0.2, 0) is 9.53 Å². The molecule has 1 fully saturated rings. The van der Waals surface area contributed by atoms with Gasteiger partial charge in [-0.25, -0.2) is 9.59 Å². The van der Waals surface area contributed by atoms with E-state index in [1.165, 1.54) is 19.1 Å². The summed E-state index contributed by atoms with van der Waals surface area (Å²) in [6.07, 6.45) is -0.332. The van der Waals surface area contributed by atoms with Crippen LogP contribution in [0.15, 0.2) is 12.1 Å². The summed E-state index contributed by atoms with van der Waals surface area (Å²) in [5, 5.41) is 2.73. The van der Waals surface area contributed by atoms with E-state index in [0.717, 1.165) is 11.3 Å². The fourth-order valence-electron chi connectivity index (χ4n) is 2.47. The number of carbonyl (C=O) groups is 3. The molecule has 27 heavy (non-hydrogen) atoms. The molecule has 1 aromatic rings. The van der Waals surface area contributed by atoms with Crippen LogP contribution in [0.3, 0.4) is 0 Å². The molecule has 0 saturated carbocycles. The number of hydrogen-bond acceptors (Lipinski definition) is 6. The van der Waals surface area contributed by atoms with Gasteiger partial charge in [-0.05, 0) is 32.4 Å². The molecule has 9 heteroatoms. The molecule has 148 valence electrons. The van der Waals surface area contributed by atoms with Gasteiger partial charge in [0.15, 0.2) is 17.6 Å². The van der Waals surface area contributed by atoms with E-state index in [1.807, 2.05) is 6.92 Å². The van der Waals surface area contributed by atoms with Gasteiger partial charge in [0.05, 0.1) is 23.8 Å². The Kier molecular flexibility index (Phi) is 7.29. The van der Waals surface area contributed by atoms with Crippen molar-refractivity contribution in [2.24, 2.45) is 0 Å². The molecule has 1 saturated heterocycles. The highest BCUT2D eigenvalue weighted by molar-refractivity contribution is 6.32. The number of nitrogens with one attached hydrogen (secondary N) is 1. The van der Waals surface area contributed by atoms with Crippen molar-refractivity contribution in [2.45, 2.75) is 33.3 Å². The maximum absolute atomic E-state index is 12.4. The van der Waals surface area contributed by atoms with Gasteiger partial charge in [-0.3, -0.25) is 9.69 Å². The molecule has 3 amide bonds. The van der Waals surface area contributed by atoms with Crippen LogP contribution in [0.25, 0.3) is 0 Å². The maximum atomic E-state index is 12.4. The molecule has 0 bridgehead atoms. The van der Waals surface area contributed by atoms with Crippen molar-refractivity contribution in [3.8, 4) is 11.5 Å². The number of esters is 1. The topological polar surface area (TPSA) is 94.2 Å². The molecule has 2 rings (SSSR count). The van der Waals surface area contributed by atoms with Crippen LogP contribution in [0, 0.1) is 0 Å². The lowest BCUT2D eigenvalue weighted by Crippen LogP contribution is -2.41. The lowest BCUT2D eigenvalue weighted by molar-refractivity contribution is -0.136. The number of imide groups is 1. The normalized spacial score (nSPS) is 14.5. The Hall–Kier alpha value is -2.48. The van der Waals surface area contributed by atoms with E-state index in [2.05, 4.69) is 5.32 Å². The van der Waals surface area contributed by atoms with E-state index < -0.39 is 24.0 Å². The Labute approximate surface area is 162 Å². The summed E-state index contributed by atoms with van der Waals surface area (Å²) >= 11 is 6.23. The average Bonchev–Trinajstić information content (AvgIpc) is 3.06. The summed E-state index contributed by atoms with van der Waals surface area (Å²) in [6.45, 7) is 6.59. The number of urea groups is 1. The first kappa shape index (κ1) is 20.8. The molecule has 8 nitrogen and oxygen atoms in total. The number of amides is 3. The Morgan fingerprint density at radius 2 is 2.04 bits per heavy atom. The fourth-order valence-corrected chi connectivity index (χ4v) is 2.74. The number of rotatable bonds is 8. The van der Waals surface area contributed by atoms with E-state index in [4.69, 9.17) is 25.8 Å². The van der Waals surface area contributed by atoms with Crippen LogP contribution in [0.2, 0.25) is 5.02 Å². The molecule has 1 atom stereocenters. The third-order valence-corrected chi connectivity index (χ3v) is 4.03. The highest BCUT2D eigenvalue weighted by Crippen LogP contribution is 2.37. The van der Waals surface area contributed by atoms with Gasteiger partial charge in [-0.2, -0.15) is 0 Å². The smallest absolute Gasteiger partial charge is 0.339 e. The number of ether oxygens (including phenoxy) is 3. The second kappa shape index (κ2) is 9.45. The number of hydrogen-bond donors (Lipinski definition) is 1. The lowest BCUT2D eigenvalue weighted by atomic mass is 10.2. The quantitative estimate of drug-likeness (QED) is 0.676. The van der Waals surface area contributed by atoms with Crippen LogP contribution < -0.4 is 14.8 Å². The average molecular weight is 399 g/mol. The molecule has 1 aromatic carbocycles. The number of nitrogens with zero attached hydrogens (tertiary/aromatic N) is 1. The molecule has 0 aliphatic carbocycles. The highest BCUT2D eigenvalue weighted by Gasteiger charge is 2.32.